The van der Waals surface area contributed by atoms with Crippen molar-refractivity contribution in [3.8, 4) is 17.6 Å². The number of nitrogens with zero attached hydrogens (tertiary/aromatic N) is 1. The van der Waals surface area contributed by atoms with Gasteiger partial charge in [0.25, 0.3) is 0 Å². The molecule has 2 rings (SSSR count). The van der Waals surface area contributed by atoms with Gasteiger partial charge in [0.1, 0.15) is 17.4 Å². The first kappa shape index (κ1) is 11.9. The summed E-state index contributed by atoms with van der Waals surface area (Å²) in [6, 6.07) is 9.13. The van der Waals surface area contributed by atoms with Gasteiger partial charge >= 0.3 is 0 Å². The molecule has 90 valence electrons. The van der Waals surface area contributed by atoms with Crippen LogP contribution in [0.2, 0.25) is 0 Å². The molecule has 0 atom stereocenters. The average Bonchev–Trinajstić information content (AvgIpc) is 2.30. The highest BCUT2D eigenvalue weighted by molar-refractivity contribution is 5.57. The van der Waals surface area contributed by atoms with Gasteiger partial charge in [0.15, 0.2) is 5.75 Å². The first-order valence-corrected chi connectivity index (χ1v) is 5.02. The maximum Gasteiger partial charge on any atom is 0.151 e. The van der Waals surface area contributed by atoms with E-state index in [0.717, 1.165) is 18.2 Å². The molecule has 0 aromatic heterocycles. The predicted molar refractivity (Wildman–Crippen MR) is 62.0 cm³/mol. The lowest BCUT2D eigenvalue weighted by atomic mass is 10.2. The Balaban J connectivity index is 2.36. The number of nitrogen functional groups attached to an aromatic ring is 1. The van der Waals surface area contributed by atoms with Crippen molar-refractivity contribution < 1.29 is 13.5 Å². The molecule has 0 amide bonds. The summed E-state index contributed by atoms with van der Waals surface area (Å²) in [5.41, 5.74) is 6.27. The molecule has 5 heteroatoms. The highest BCUT2D eigenvalue weighted by Crippen LogP contribution is 2.29. The molecule has 0 aliphatic heterocycles. The van der Waals surface area contributed by atoms with E-state index in [2.05, 4.69) is 0 Å². The predicted octanol–water partition coefficient (Wildman–Crippen LogP) is 3.21. The summed E-state index contributed by atoms with van der Waals surface area (Å²) in [6.45, 7) is 0. The van der Waals surface area contributed by atoms with E-state index in [1.165, 1.54) is 18.2 Å². The normalized spacial score (nSPS) is 9.83. The van der Waals surface area contributed by atoms with Crippen molar-refractivity contribution in [2.75, 3.05) is 5.73 Å². The Labute approximate surface area is 102 Å². The van der Waals surface area contributed by atoms with E-state index in [1.807, 2.05) is 6.07 Å². The first-order valence-electron chi connectivity index (χ1n) is 5.02. The monoisotopic (exact) mass is 246 g/mol. The van der Waals surface area contributed by atoms with Gasteiger partial charge in [-0.2, -0.15) is 5.26 Å². The summed E-state index contributed by atoms with van der Waals surface area (Å²) in [7, 11) is 0. The summed E-state index contributed by atoms with van der Waals surface area (Å²) in [4.78, 5) is 0. The molecule has 0 aliphatic carbocycles. The third-order valence-electron chi connectivity index (χ3n) is 2.21. The van der Waals surface area contributed by atoms with E-state index in [1.54, 1.807) is 0 Å². The SMILES string of the molecule is N#Cc1ccc(N)c(Oc2cc(F)cc(F)c2)c1. The van der Waals surface area contributed by atoms with Crippen LogP contribution < -0.4 is 10.5 Å². The average molecular weight is 246 g/mol. The Hall–Kier alpha value is -2.61. The van der Waals surface area contributed by atoms with Crippen LogP contribution in [0, 0.1) is 23.0 Å². The van der Waals surface area contributed by atoms with E-state index in [-0.39, 0.29) is 17.2 Å². The molecule has 0 saturated carbocycles. The second kappa shape index (κ2) is 4.72. The third-order valence-corrected chi connectivity index (χ3v) is 2.21. The summed E-state index contributed by atoms with van der Waals surface area (Å²) in [6.07, 6.45) is 0. The topological polar surface area (TPSA) is 59.0 Å². The van der Waals surface area contributed by atoms with Gasteiger partial charge in [-0.15, -0.1) is 0 Å². The minimum Gasteiger partial charge on any atom is -0.455 e. The molecule has 3 nitrogen and oxygen atoms in total. The third kappa shape index (κ3) is 2.55. The van der Waals surface area contributed by atoms with Crippen molar-refractivity contribution in [1.29, 1.82) is 5.26 Å². The Bertz CT molecular complexity index is 615. The summed E-state index contributed by atoms with van der Waals surface area (Å²) in [5, 5.41) is 8.74. The fourth-order valence-corrected chi connectivity index (χ4v) is 1.41. The molecule has 0 fully saturated rings. The fourth-order valence-electron chi connectivity index (χ4n) is 1.41. The lowest BCUT2D eigenvalue weighted by Crippen LogP contribution is -1.94. The van der Waals surface area contributed by atoms with Crippen LogP contribution in [0.5, 0.6) is 11.5 Å². The highest BCUT2D eigenvalue weighted by Gasteiger charge is 2.06. The lowest BCUT2D eigenvalue weighted by molar-refractivity contribution is 0.470. The van der Waals surface area contributed by atoms with E-state index in [9.17, 15) is 8.78 Å². The van der Waals surface area contributed by atoms with Crippen LogP contribution >= 0.6 is 0 Å². The molecule has 18 heavy (non-hydrogen) atoms. The smallest absolute Gasteiger partial charge is 0.151 e. The Kier molecular flexibility index (Phi) is 3.11. The molecule has 0 aliphatic rings. The van der Waals surface area contributed by atoms with Gasteiger partial charge in [-0.25, -0.2) is 8.78 Å². The molecule has 0 spiro atoms. The molecule has 0 bridgehead atoms. The number of hydrogen-bond acceptors (Lipinski definition) is 3. The molecular weight excluding hydrogens is 238 g/mol. The van der Waals surface area contributed by atoms with Crippen LogP contribution in [-0.4, -0.2) is 0 Å². The van der Waals surface area contributed by atoms with Crippen LogP contribution in [0.25, 0.3) is 0 Å². The zero-order valence-corrected chi connectivity index (χ0v) is 9.15. The number of anilines is 1. The Morgan fingerprint density at radius 1 is 1.06 bits per heavy atom. The molecule has 2 aromatic rings. The maximum atomic E-state index is 13.0. The number of benzene rings is 2. The van der Waals surface area contributed by atoms with Crippen molar-refractivity contribution >= 4 is 5.69 Å². The van der Waals surface area contributed by atoms with Gasteiger partial charge in [-0.3, -0.25) is 0 Å². The number of nitriles is 1. The van der Waals surface area contributed by atoms with Crippen molar-refractivity contribution in [2.45, 2.75) is 0 Å². The van der Waals surface area contributed by atoms with Gasteiger partial charge in [0.2, 0.25) is 0 Å². The Morgan fingerprint density at radius 3 is 2.33 bits per heavy atom. The van der Waals surface area contributed by atoms with E-state index in [0.29, 0.717) is 5.56 Å². The number of nitrogens with two attached hydrogens (primary N) is 1. The molecule has 0 unspecified atom stereocenters. The number of rotatable bonds is 2. The van der Waals surface area contributed by atoms with Crippen LogP contribution in [0.4, 0.5) is 14.5 Å². The van der Waals surface area contributed by atoms with Crippen LogP contribution in [0.15, 0.2) is 36.4 Å². The van der Waals surface area contributed by atoms with Gasteiger partial charge in [0.05, 0.1) is 17.3 Å². The zero-order chi connectivity index (χ0) is 13.1. The molecular formula is C13H8F2N2O. The quantitative estimate of drug-likeness (QED) is 0.827. The molecule has 2 aromatic carbocycles. The highest BCUT2D eigenvalue weighted by atomic mass is 19.1. The fraction of sp³-hybridized carbons (Fsp3) is 0. The van der Waals surface area contributed by atoms with Gasteiger partial charge in [-0.05, 0) is 12.1 Å². The van der Waals surface area contributed by atoms with E-state index >= 15 is 0 Å². The molecule has 0 radical (unpaired) electrons. The minimum atomic E-state index is -0.750. The zero-order valence-electron chi connectivity index (χ0n) is 9.15. The number of halogens is 2. The maximum absolute atomic E-state index is 13.0. The first-order chi connectivity index (χ1) is 8.58. The second-order valence-corrected chi connectivity index (χ2v) is 3.57. The number of ether oxygens (including phenoxy) is 1. The van der Waals surface area contributed by atoms with Crippen molar-refractivity contribution in [3.63, 3.8) is 0 Å². The van der Waals surface area contributed by atoms with Gasteiger partial charge < -0.3 is 10.5 Å². The standard InChI is InChI=1S/C13H8F2N2O/c14-9-4-10(15)6-11(5-9)18-13-3-8(7-16)1-2-12(13)17/h1-6H,17H2. The van der Waals surface area contributed by atoms with Crippen LogP contribution in [0.3, 0.4) is 0 Å². The van der Waals surface area contributed by atoms with E-state index < -0.39 is 11.6 Å². The van der Waals surface area contributed by atoms with Crippen molar-refractivity contribution in [1.82, 2.24) is 0 Å². The summed E-state index contributed by atoms with van der Waals surface area (Å²) < 4.78 is 31.2. The molecule has 2 N–H and O–H groups in total. The van der Waals surface area contributed by atoms with Crippen LogP contribution in [-0.2, 0) is 0 Å². The van der Waals surface area contributed by atoms with Gasteiger partial charge in [0, 0.05) is 24.3 Å². The van der Waals surface area contributed by atoms with Crippen molar-refractivity contribution in [3.05, 3.63) is 53.6 Å². The van der Waals surface area contributed by atoms with Crippen molar-refractivity contribution in [2.24, 2.45) is 0 Å². The largest absolute Gasteiger partial charge is 0.455 e. The van der Waals surface area contributed by atoms with Gasteiger partial charge in [-0.1, -0.05) is 0 Å². The minimum absolute atomic E-state index is 0.0192. The molecule has 0 saturated heterocycles. The van der Waals surface area contributed by atoms with E-state index in [4.69, 9.17) is 15.7 Å². The molecule has 0 heterocycles. The summed E-state index contributed by atoms with van der Waals surface area (Å²) in [5.74, 6) is -1.34. The lowest BCUT2D eigenvalue weighted by Gasteiger charge is -2.08. The van der Waals surface area contributed by atoms with Crippen LogP contribution in [0.1, 0.15) is 5.56 Å². The second-order valence-electron chi connectivity index (χ2n) is 3.57. The number of hydrogen-bond donors (Lipinski definition) is 1. The summed E-state index contributed by atoms with van der Waals surface area (Å²) >= 11 is 0. The Morgan fingerprint density at radius 2 is 1.72 bits per heavy atom.